The van der Waals surface area contributed by atoms with E-state index in [1.54, 1.807) is 13.4 Å². The average molecular weight is 430 g/mol. The lowest BCUT2D eigenvalue weighted by Gasteiger charge is -2.28. The first-order chi connectivity index (χ1) is 15.7. The van der Waals surface area contributed by atoms with Crippen molar-refractivity contribution in [1.82, 2.24) is 15.0 Å². The van der Waals surface area contributed by atoms with Gasteiger partial charge in [-0.05, 0) is 68.7 Å². The predicted molar refractivity (Wildman–Crippen MR) is 120 cm³/mol. The third kappa shape index (κ3) is 4.45. The summed E-state index contributed by atoms with van der Waals surface area (Å²) in [5, 5.41) is 12.8. The van der Waals surface area contributed by atoms with Crippen LogP contribution in [0.2, 0.25) is 0 Å². The molecule has 2 aliphatic carbocycles. The quantitative estimate of drug-likeness (QED) is 0.546. The van der Waals surface area contributed by atoms with Crippen LogP contribution in [-0.4, -0.2) is 28.6 Å². The molecule has 7 nitrogen and oxygen atoms in total. The second kappa shape index (κ2) is 8.99. The van der Waals surface area contributed by atoms with Gasteiger partial charge in [0.1, 0.15) is 23.8 Å². The maximum atomic E-state index is 9.30. The van der Waals surface area contributed by atoms with Crippen LogP contribution in [0.4, 0.5) is 5.82 Å². The highest BCUT2D eigenvalue weighted by Gasteiger charge is 2.29. The average Bonchev–Trinajstić information content (AvgIpc) is 3.59. The topological polar surface area (TPSA) is 96.9 Å². The second-order valence-electron chi connectivity index (χ2n) is 8.77. The van der Waals surface area contributed by atoms with Crippen LogP contribution in [0.25, 0.3) is 11.3 Å². The van der Waals surface area contributed by atoms with Gasteiger partial charge in [-0.1, -0.05) is 0 Å². The van der Waals surface area contributed by atoms with Crippen LogP contribution in [0.5, 0.6) is 5.75 Å². The molecule has 0 atom stereocenters. The van der Waals surface area contributed by atoms with E-state index in [4.69, 9.17) is 9.15 Å². The van der Waals surface area contributed by atoms with Crippen LogP contribution in [0.3, 0.4) is 0 Å². The Balaban J connectivity index is 1.15. The van der Waals surface area contributed by atoms with E-state index in [9.17, 15) is 5.26 Å². The lowest BCUT2D eigenvalue weighted by molar-refractivity contribution is 0.334. The van der Waals surface area contributed by atoms with Crippen molar-refractivity contribution in [2.24, 2.45) is 5.92 Å². The third-order valence-electron chi connectivity index (χ3n) is 6.55. The number of hydrogen-bond acceptors (Lipinski definition) is 7. The molecule has 0 radical (unpaired) electrons. The summed E-state index contributed by atoms with van der Waals surface area (Å²) in [5.74, 6) is 3.78. The molecule has 3 heterocycles. The number of hydrogen-bond donors (Lipinski definition) is 1. The van der Waals surface area contributed by atoms with Gasteiger partial charge in [0.15, 0.2) is 17.3 Å². The van der Waals surface area contributed by atoms with Crippen molar-refractivity contribution in [3.8, 4) is 23.1 Å². The summed E-state index contributed by atoms with van der Waals surface area (Å²) in [7, 11) is 1.57. The summed E-state index contributed by atoms with van der Waals surface area (Å²) in [6.45, 7) is 0.898. The minimum atomic E-state index is 0.371. The highest BCUT2D eigenvalue weighted by atomic mass is 16.5. The van der Waals surface area contributed by atoms with E-state index < -0.39 is 0 Å². The molecule has 7 heteroatoms. The van der Waals surface area contributed by atoms with E-state index in [0.717, 1.165) is 60.9 Å². The zero-order valence-electron chi connectivity index (χ0n) is 18.3. The van der Waals surface area contributed by atoms with Crippen LogP contribution in [0.15, 0.2) is 41.1 Å². The van der Waals surface area contributed by atoms with Crippen LogP contribution in [-0.2, 0) is 0 Å². The Morgan fingerprint density at radius 2 is 1.91 bits per heavy atom. The maximum Gasteiger partial charge on any atom is 0.197 e. The van der Waals surface area contributed by atoms with E-state index in [1.807, 2.05) is 30.5 Å². The Kier molecular flexibility index (Phi) is 5.76. The lowest BCUT2D eigenvalue weighted by atomic mass is 9.80. The van der Waals surface area contributed by atoms with Gasteiger partial charge in [0.2, 0.25) is 0 Å². The summed E-state index contributed by atoms with van der Waals surface area (Å²) < 4.78 is 10.8. The van der Waals surface area contributed by atoms with Gasteiger partial charge in [-0.2, -0.15) is 5.26 Å². The normalized spacial score (nSPS) is 20.5. The molecule has 5 rings (SSSR count). The van der Waals surface area contributed by atoms with Crippen molar-refractivity contribution < 1.29 is 9.15 Å². The summed E-state index contributed by atoms with van der Waals surface area (Å²) >= 11 is 0. The van der Waals surface area contributed by atoms with E-state index in [2.05, 4.69) is 26.3 Å². The van der Waals surface area contributed by atoms with Crippen molar-refractivity contribution >= 4 is 5.82 Å². The second-order valence-corrected chi connectivity index (χ2v) is 8.77. The molecule has 0 aromatic carbocycles. The predicted octanol–water partition coefficient (Wildman–Crippen LogP) is 5.28. The Morgan fingerprint density at radius 1 is 1.09 bits per heavy atom. The number of aromatic nitrogens is 3. The molecule has 0 unspecified atom stereocenters. The summed E-state index contributed by atoms with van der Waals surface area (Å²) in [5.41, 5.74) is 3.28. The molecule has 32 heavy (non-hydrogen) atoms. The summed E-state index contributed by atoms with van der Waals surface area (Å²) in [6.07, 6.45) is 10.3. The van der Waals surface area contributed by atoms with Crippen molar-refractivity contribution in [2.75, 3.05) is 19.0 Å². The first-order valence-corrected chi connectivity index (χ1v) is 11.3. The number of methoxy groups -OCH3 is 1. The van der Waals surface area contributed by atoms with Crippen LogP contribution in [0, 0.1) is 17.2 Å². The molecular weight excluding hydrogens is 402 g/mol. The smallest absolute Gasteiger partial charge is 0.197 e. The van der Waals surface area contributed by atoms with Crippen LogP contribution >= 0.6 is 0 Å². The van der Waals surface area contributed by atoms with E-state index in [0.29, 0.717) is 29.2 Å². The fourth-order valence-corrected chi connectivity index (χ4v) is 4.47. The largest absolute Gasteiger partial charge is 0.494 e. The van der Waals surface area contributed by atoms with Crippen molar-refractivity contribution in [2.45, 2.75) is 50.4 Å². The van der Waals surface area contributed by atoms with Crippen LogP contribution < -0.4 is 10.1 Å². The molecule has 3 aromatic rings. The SMILES string of the molecule is COc1ccc([C@H]2CC[C@H](CNc3cc(-c4coc(C5CC5)n4)ccn3)CC2)nc1C#N. The number of ether oxygens (including phenoxy) is 1. The van der Waals surface area contributed by atoms with Gasteiger partial charge < -0.3 is 14.5 Å². The first-order valence-electron chi connectivity index (χ1n) is 11.3. The monoisotopic (exact) mass is 429 g/mol. The minimum absolute atomic E-state index is 0.371. The number of nitriles is 1. The molecule has 0 amide bonds. The zero-order chi connectivity index (χ0) is 21.9. The van der Waals surface area contributed by atoms with Gasteiger partial charge in [-0.25, -0.2) is 15.0 Å². The van der Waals surface area contributed by atoms with Gasteiger partial charge in [0.25, 0.3) is 0 Å². The zero-order valence-corrected chi connectivity index (χ0v) is 18.3. The molecule has 3 aromatic heterocycles. The fraction of sp³-hybridized carbons (Fsp3) is 0.440. The van der Waals surface area contributed by atoms with Gasteiger partial charge in [0.05, 0.1) is 7.11 Å². The van der Waals surface area contributed by atoms with Gasteiger partial charge in [0, 0.05) is 35.8 Å². The van der Waals surface area contributed by atoms with Crippen molar-refractivity contribution in [1.29, 1.82) is 5.26 Å². The molecular formula is C25H27N5O2. The number of oxazole rings is 1. The summed E-state index contributed by atoms with van der Waals surface area (Å²) in [6, 6.07) is 10.0. The Labute approximate surface area is 187 Å². The molecule has 0 spiro atoms. The molecule has 2 saturated carbocycles. The Hall–Kier alpha value is -3.40. The fourth-order valence-electron chi connectivity index (χ4n) is 4.47. The molecule has 2 aliphatic rings. The van der Waals surface area contributed by atoms with Crippen molar-refractivity contribution in [3.05, 3.63) is 54.0 Å². The Bertz CT molecular complexity index is 1120. The molecule has 164 valence electrons. The first kappa shape index (κ1) is 20.5. The maximum absolute atomic E-state index is 9.30. The number of pyridine rings is 2. The van der Waals surface area contributed by atoms with E-state index >= 15 is 0 Å². The lowest BCUT2D eigenvalue weighted by Crippen LogP contribution is -2.21. The molecule has 0 saturated heterocycles. The van der Waals surface area contributed by atoms with Crippen molar-refractivity contribution in [3.63, 3.8) is 0 Å². The summed E-state index contributed by atoms with van der Waals surface area (Å²) in [4.78, 5) is 13.7. The van der Waals surface area contributed by atoms with E-state index in [1.165, 1.54) is 12.8 Å². The number of nitrogens with zero attached hydrogens (tertiary/aromatic N) is 4. The highest BCUT2D eigenvalue weighted by molar-refractivity contribution is 5.61. The molecule has 0 aliphatic heterocycles. The highest BCUT2D eigenvalue weighted by Crippen LogP contribution is 2.40. The van der Waals surface area contributed by atoms with E-state index in [-0.39, 0.29) is 0 Å². The molecule has 1 N–H and O–H groups in total. The molecule has 2 fully saturated rings. The Morgan fingerprint density at radius 3 is 2.66 bits per heavy atom. The molecule has 0 bridgehead atoms. The van der Waals surface area contributed by atoms with Gasteiger partial charge in [-0.15, -0.1) is 0 Å². The number of nitrogens with one attached hydrogen (secondary N) is 1. The number of anilines is 1. The van der Waals surface area contributed by atoms with Crippen LogP contribution in [0.1, 0.15) is 67.6 Å². The third-order valence-corrected chi connectivity index (χ3v) is 6.55. The number of rotatable bonds is 7. The standard InChI is InChI=1S/C25H27N5O2/c1-31-23-9-8-20(29-21(23)13-26)17-4-2-16(3-5-17)14-28-24-12-19(10-11-27-24)22-15-32-25(30-22)18-6-7-18/h8-12,15-18H,2-7,14H2,1H3,(H,27,28)/t16-,17-. The minimum Gasteiger partial charge on any atom is -0.494 e. The van der Waals surface area contributed by atoms with Gasteiger partial charge >= 0.3 is 0 Å². The van der Waals surface area contributed by atoms with Gasteiger partial charge in [-0.3, -0.25) is 0 Å².